The summed E-state index contributed by atoms with van der Waals surface area (Å²) in [6, 6.07) is 2.79. The van der Waals surface area contributed by atoms with Gasteiger partial charge in [0.15, 0.2) is 0 Å². The molecule has 1 N–H and O–H groups in total. The summed E-state index contributed by atoms with van der Waals surface area (Å²) in [6.07, 6.45) is 4.34. The predicted molar refractivity (Wildman–Crippen MR) is 52.6 cm³/mol. The second-order valence-electron chi connectivity index (χ2n) is 3.74. The summed E-state index contributed by atoms with van der Waals surface area (Å²) < 4.78 is 2.00. The third-order valence-electron chi connectivity index (χ3n) is 3.03. The van der Waals surface area contributed by atoms with E-state index in [1.807, 2.05) is 17.9 Å². The van der Waals surface area contributed by atoms with Gasteiger partial charge < -0.3 is 5.32 Å². The highest BCUT2D eigenvalue weighted by atomic mass is 15.3. The lowest BCUT2D eigenvalue weighted by Crippen LogP contribution is -2.25. The van der Waals surface area contributed by atoms with Crippen LogP contribution in [-0.4, -0.2) is 22.4 Å². The fourth-order valence-corrected chi connectivity index (χ4v) is 2.30. The number of hydrogen-bond acceptors (Lipinski definition) is 2. The Hall–Kier alpha value is -0.830. The van der Waals surface area contributed by atoms with Gasteiger partial charge >= 0.3 is 0 Å². The first-order valence-electron chi connectivity index (χ1n) is 5.04. The van der Waals surface area contributed by atoms with Crippen molar-refractivity contribution in [1.29, 1.82) is 0 Å². The molecule has 0 aromatic carbocycles. The molecule has 1 aliphatic rings. The molecule has 1 fully saturated rings. The first-order valence-corrected chi connectivity index (χ1v) is 5.04. The van der Waals surface area contributed by atoms with Gasteiger partial charge in [0.1, 0.15) is 0 Å². The van der Waals surface area contributed by atoms with E-state index in [-0.39, 0.29) is 0 Å². The van der Waals surface area contributed by atoms with Gasteiger partial charge in [-0.05, 0) is 25.5 Å². The molecule has 0 radical (unpaired) electrons. The van der Waals surface area contributed by atoms with Gasteiger partial charge in [-0.3, -0.25) is 4.68 Å². The molecule has 0 aliphatic carbocycles. The molecule has 1 aromatic heterocycles. The number of nitrogens with one attached hydrogen (secondary N) is 1. The van der Waals surface area contributed by atoms with Crippen LogP contribution in [0.2, 0.25) is 0 Å². The molecule has 0 amide bonds. The van der Waals surface area contributed by atoms with E-state index in [1.54, 1.807) is 0 Å². The highest BCUT2D eigenvalue weighted by Gasteiger charge is 2.28. The number of hydrogen-bond donors (Lipinski definition) is 1. The van der Waals surface area contributed by atoms with Crippen molar-refractivity contribution in [3.05, 3.63) is 18.0 Å². The number of aryl methyl sites for hydroxylation is 1. The standard InChI is InChI=1S/C10H17N3/c1-3-9-8(4-6-11-9)10-5-7-12-13(10)2/h5,7-9,11H,3-4,6H2,1-2H3. The van der Waals surface area contributed by atoms with Crippen molar-refractivity contribution in [3.63, 3.8) is 0 Å². The van der Waals surface area contributed by atoms with E-state index in [0.29, 0.717) is 12.0 Å². The highest BCUT2D eigenvalue weighted by Crippen LogP contribution is 2.28. The lowest BCUT2D eigenvalue weighted by molar-refractivity contribution is 0.503. The molecule has 13 heavy (non-hydrogen) atoms. The quantitative estimate of drug-likeness (QED) is 0.741. The summed E-state index contributed by atoms with van der Waals surface area (Å²) in [6.45, 7) is 3.39. The molecule has 1 aliphatic heterocycles. The van der Waals surface area contributed by atoms with Gasteiger partial charge in [-0.2, -0.15) is 5.10 Å². The van der Waals surface area contributed by atoms with Gasteiger partial charge in [-0.15, -0.1) is 0 Å². The van der Waals surface area contributed by atoms with Crippen molar-refractivity contribution < 1.29 is 0 Å². The molecule has 0 bridgehead atoms. The summed E-state index contributed by atoms with van der Waals surface area (Å²) in [5, 5.41) is 7.75. The second kappa shape index (κ2) is 3.50. The first-order chi connectivity index (χ1) is 6.33. The largest absolute Gasteiger partial charge is 0.313 e. The Morgan fingerprint density at radius 1 is 1.69 bits per heavy atom. The Morgan fingerprint density at radius 3 is 3.15 bits per heavy atom. The van der Waals surface area contributed by atoms with Crippen molar-refractivity contribution in [1.82, 2.24) is 15.1 Å². The molecule has 1 aromatic rings. The van der Waals surface area contributed by atoms with E-state index in [1.165, 1.54) is 18.5 Å². The molecule has 2 atom stereocenters. The maximum absolute atomic E-state index is 4.22. The molecule has 72 valence electrons. The average Bonchev–Trinajstić information content (AvgIpc) is 2.71. The van der Waals surface area contributed by atoms with Crippen molar-refractivity contribution in [2.45, 2.75) is 31.7 Å². The van der Waals surface area contributed by atoms with Crippen LogP contribution in [0.25, 0.3) is 0 Å². The van der Waals surface area contributed by atoms with Crippen molar-refractivity contribution in [2.24, 2.45) is 7.05 Å². The maximum Gasteiger partial charge on any atom is 0.0492 e. The van der Waals surface area contributed by atoms with Crippen LogP contribution in [0.1, 0.15) is 31.4 Å². The summed E-state index contributed by atoms with van der Waals surface area (Å²) in [5.74, 6) is 0.664. The topological polar surface area (TPSA) is 29.9 Å². The normalized spacial score (nSPS) is 28.2. The highest BCUT2D eigenvalue weighted by molar-refractivity contribution is 5.13. The molecule has 0 saturated carbocycles. The van der Waals surface area contributed by atoms with Gasteiger partial charge in [-0.1, -0.05) is 6.92 Å². The minimum absolute atomic E-state index is 0.649. The zero-order chi connectivity index (χ0) is 9.26. The summed E-state index contributed by atoms with van der Waals surface area (Å²) in [4.78, 5) is 0. The van der Waals surface area contributed by atoms with Crippen LogP contribution in [0.4, 0.5) is 0 Å². The third kappa shape index (κ3) is 1.48. The Kier molecular flexibility index (Phi) is 2.36. The minimum atomic E-state index is 0.649. The lowest BCUT2D eigenvalue weighted by atomic mass is 9.95. The third-order valence-corrected chi connectivity index (χ3v) is 3.03. The Morgan fingerprint density at radius 2 is 2.54 bits per heavy atom. The van der Waals surface area contributed by atoms with Crippen molar-refractivity contribution >= 4 is 0 Å². The summed E-state index contributed by atoms with van der Waals surface area (Å²) >= 11 is 0. The van der Waals surface area contributed by atoms with Gasteiger partial charge in [0.2, 0.25) is 0 Å². The summed E-state index contributed by atoms with van der Waals surface area (Å²) in [5.41, 5.74) is 1.37. The predicted octanol–water partition coefficient (Wildman–Crippen LogP) is 1.28. The molecule has 0 spiro atoms. The van der Waals surface area contributed by atoms with Gasteiger partial charge in [0.25, 0.3) is 0 Å². The van der Waals surface area contributed by atoms with Gasteiger partial charge in [-0.25, -0.2) is 0 Å². The molecular weight excluding hydrogens is 162 g/mol. The second-order valence-corrected chi connectivity index (χ2v) is 3.74. The molecule has 2 rings (SSSR count). The number of aromatic nitrogens is 2. The van der Waals surface area contributed by atoms with Crippen LogP contribution in [-0.2, 0) is 7.05 Å². The fourth-order valence-electron chi connectivity index (χ4n) is 2.30. The zero-order valence-electron chi connectivity index (χ0n) is 8.33. The van der Waals surface area contributed by atoms with E-state index < -0.39 is 0 Å². The first kappa shape index (κ1) is 8.75. The smallest absolute Gasteiger partial charge is 0.0492 e. The monoisotopic (exact) mass is 179 g/mol. The summed E-state index contributed by atoms with van der Waals surface area (Å²) in [7, 11) is 2.03. The van der Waals surface area contributed by atoms with E-state index in [4.69, 9.17) is 0 Å². The van der Waals surface area contributed by atoms with Crippen LogP contribution >= 0.6 is 0 Å². The van der Waals surface area contributed by atoms with E-state index in [2.05, 4.69) is 23.4 Å². The number of rotatable bonds is 2. The molecular formula is C10H17N3. The van der Waals surface area contributed by atoms with Crippen molar-refractivity contribution in [3.8, 4) is 0 Å². The average molecular weight is 179 g/mol. The van der Waals surface area contributed by atoms with Gasteiger partial charge in [0, 0.05) is 30.9 Å². The van der Waals surface area contributed by atoms with Crippen LogP contribution < -0.4 is 5.32 Å². The Balaban J connectivity index is 2.20. The molecule has 3 heteroatoms. The van der Waals surface area contributed by atoms with Gasteiger partial charge in [0.05, 0.1) is 0 Å². The number of nitrogens with zero attached hydrogens (tertiary/aromatic N) is 2. The zero-order valence-corrected chi connectivity index (χ0v) is 8.33. The van der Waals surface area contributed by atoms with E-state index in [9.17, 15) is 0 Å². The van der Waals surface area contributed by atoms with E-state index in [0.717, 1.165) is 6.54 Å². The molecule has 2 unspecified atom stereocenters. The SMILES string of the molecule is CCC1NCCC1c1ccnn1C. The Bertz CT molecular complexity index is 279. The van der Waals surface area contributed by atoms with Crippen LogP contribution in [0, 0.1) is 0 Å². The molecule has 3 nitrogen and oxygen atoms in total. The lowest BCUT2D eigenvalue weighted by Gasteiger charge is -2.17. The van der Waals surface area contributed by atoms with Crippen molar-refractivity contribution in [2.75, 3.05) is 6.54 Å². The minimum Gasteiger partial charge on any atom is -0.313 e. The fraction of sp³-hybridized carbons (Fsp3) is 0.700. The van der Waals surface area contributed by atoms with Crippen LogP contribution in [0.15, 0.2) is 12.3 Å². The molecule has 2 heterocycles. The van der Waals surface area contributed by atoms with Crippen LogP contribution in [0.3, 0.4) is 0 Å². The maximum atomic E-state index is 4.22. The van der Waals surface area contributed by atoms with Crippen LogP contribution in [0.5, 0.6) is 0 Å². The molecule has 1 saturated heterocycles. The Labute approximate surface area is 79.1 Å². The van der Waals surface area contributed by atoms with E-state index >= 15 is 0 Å².